The summed E-state index contributed by atoms with van der Waals surface area (Å²) in [6.07, 6.45) is 2.30. The molecule has 1 saturated heterocycles. The Balaban J connectivity index is 2.46. The molecule has 0 aromatic carbocycles. The number of esters is 1. The highest BCUT2D eigenvalue weighted by atomic mass is 16.5. The van der Waals surface area contributed by atoms with Gasteiger partial charge in [-0.15, -0.1) is 0 Å². The van der Waals surface area contributed by atoms with E-state index in [0.29, 0.717) is 6.04 Å². The average Bonchev–Trinajstić information content (AvgIpc) is 2.26. The minimum absolute atomic E-state index is 0.157. The lowest BCUT2D eigenvalue weighted by molar-refractivity contribution is -0.144. The second kappa shape index (κ2) is 6.08. The number of ether oxygens (including phenoxy) is 1. The summed E-state index contributed by atoms with van der Waals surface area (Å²) in [5, 5.41) is 6.69. The molecule has 1 aliphatic rings. The van der Waals surface area contributed by atoms with Crippen molar-refractivity contribution >= 4 is 5.97 Å². The number of carbonyl (C=O) groups excluding carboxylic acids is 1. The van der Waals surface area contributed by atoms with Gasteiger partial charge in [-0.1, -0.05) is 13.8 Å². The van der Waals surface area contributed by atoms with E-state index in [-0.39, 0.29) is 17.9 Å². The Labute approximate surface area is 91.8 Å². The molecule has 2 atom stereocenters. The number of nitrogens with one attached hydrogen (secondary N) is 2. The van der Waals surface area contributed by atoms with Gasteiger partial charge in [-0.2, -0.15) is 0 Å². The van der Waals surface area contributed by atoms with Crippen LogP contribution >= 0.6 is 0 Å². The van der Waals surface area contributed by atoms with Crippen LogP contribution in [0.3, 0.4) is 0 Å². The minimum atomic E-state index is -0.181. The van der Waals surface area contributed by atoms with Crippen LogP contribution in [-0.4, -0.2) is 38.3 Å². The van der Waals surface area contributed by atoms with Crippen molar-refractivity contribution in [3.63, 3.8) is 0 Å². The Morgan fingerprint density at radius 2 is 2.27 bits per heavy atom. The van der Waals surface area contributed by atoms with Crippen molar-refractivity contribution in [2.24, 2.45) is 5.92 Å². The maximum absolute atomic E-state index is 11.5. The molecule has 0 spiro atoms. The molecule has 2 N–H and O–H groups in total. The normalized spacial score (nSPS) is 23.9. The van der Waals surface area contributed by atoms with Crippen LogP contribution in [0.25, 0.3) is 0 Å². The molecular weight excluding hydrogens is 192 g/mol. The van der Waals surface area contributed by atoms with Crippen molar-refractivity contribution < 1.29 is 9.53 Å². The zero-order chi connectivity index (χ0) is 11.3. The Morgan fingerprint density at radius 3 is 2.73 bits per heavy atom. The first kappa shape index (κ1) is 12.5. The highest BCUT2D eigenvalue weighted by Crippen LogP contribution is 2.08. The molecule has 1 fully saturated rings. The maximum Gasteiger partial charge on any atom is 0.323 e. The van der Waals surface area contributed by atoms with E-state index in [1.165, 1.54) is 13.5 Å². The molecule has 0 amide bonds. The molecule has 1 rings (SSSR count). The predicted molar refractivity (Wildman–Crippen MR) is 59.7 cm³/mol. The van der Waals surface area contributed by atoms with E-state index in [2.05, 4.69) is 10.6 Å². The number of rotatable bonds is 4. The molecule has 0 saturated carbocycles. The van der Waals surface area contributed by atoms with E-state index in [9.17, 15) is 4.79 Å². The van der Waals surface area contributed by atoms with Crippen LogP contribution in [0.1, 0.15) is 26.7 Å². The lowest BCUT2D eigenvalue weighted by Gasteiger charge is -2.29. The Kier molecular flexibility index (Phi) is 5.05. The molecule has 0 radical (unpaired) electrons. The largest absolute Gasteiger partial charge is 0.468 e. The van der Waals surface area contributed by atoms with E-state index < -0.39 is 0 Å². The minimum Gasteiger partial charge on any atom is -0.468 e. The van der Waals surface area contributed by atoms with Crippen LogP contribution in [0.5, 0.6) is 0 Å². The highest BCUT2D eigenvalue weighted by molar-refractivity contribution is 5.75. The first-order valence-corrected chi connectivity index (χ1v) is 5.69. The molecule has 2 unspecified atom stereocenters. The smallest absolute Gasteiger partial charge is 0.323 e. The molecule has 1 aliphatic heterocycles. The summed E-state index contributed by atoms with van der Waals surface area (Å²) in [6.45, 7) is 6.10. The van der Waals surface area contributed by atoms with Gasteiger partial charge >= 0.3 is 5.97 Å². The topological polar surface area (TPSA) is 50.4 Å². The number of piperidine rings is 1. The summed E-state index contributed by atoms with van der Waals surface area (Å²) >= 11 is 0. The monoisotopic (exact) mass is 214 g/mol. The summed E-state index contributed by atoms with van der Waals surface area (Å²) < 4.78 is 4.79. The van der Waals surface area contributed by atoms with Gasteiger partial charge in [0.05, 0.1) is 7.11 Å². The zero-order valence-electron chi connectivity index (χ0n) is 9.88. The SMILES string of the molecule is COC(=O)C(NC1CCCNC1)C(C)C. The molecule has 0 bridgehead atoms. The second-order valence-electron chi connectivity index (χ2n) is 4.45. The van der Waals surface area contributed by atoms with Crippen molar-refractivity contribution in [2.45, 2.75) is 38.8 Å². The lowest BCUT2D eigenvalue weighted by Crippen LogP contribution is -2.52. The summed E-state index contributed by atoms with van der Waals surface area (Å²) in [7, 11) is 1.44. The summed E-state index contributed by atoms with van der Waals surface area (Å²) in [6, 6.07) is 0.213. The summed E-state index contributed by atoms with van der Waals surface area (Å²) in [4.78, 5) is 11.5. The third-order valence-electron chi connectivity index (χ3n) is 2.83. The van der Waals surface area contributed by atoms with Crippen molar-refractivity contribution in [3.05, 3.63) is 0 Å². The first-order valence-electron chi connectivity index (χ1n) is 5.69. The van der Waals surface area contributed by atoms with E-state index in [1.807, 2.05) is 13.8 Å². The molecule has 1 heterocycles. The quantitative estimate of drug-likeness (QED) is 0.670. The van der Waals surface area contributed by atoms with Gasteiger partial charge in [0.15, 0.2) is 0 Å². The molecule has 4 nitrogen and oxygen atoms in total. The van der Waals surface area contributed by atoms with Gasteiger partial charge in [0.2, 0.25) is 0 Å². The fraction of sp³-hybridized carbons (Fsp3) is 0.909. The predicted octanol–water partition coefficient (Wildman–Crippen LogP) is 0.526. The molecule has 88 valence electrons. The fourth-order valence-corrected chi connectivity index (χ4v) is 1.91. The van der Waals surface area contributed by atoms with E-state index >= 15 is 0 Å². The Hall–Kier alpha value is -0.610. The standard InChI is InChI=1S/C11H22N2O2/c1-8(2)10(11(14)15-3)13-9-5-4-6-12-7-9/h8-10,12-13H,4-7H2,1-3H3. The van der Waals surface area contributed by atoms with Gasteiger partial charge in [0.25, 0.3) is 0 Å². The number of hydrogen-bond acceptors (Lipinski definition) is 4. The van der Waals surface area contributed by atoms with Gasteiger partial charge in [0.1, 0.15) is 6.04 Å². The van der Waals surface area contributed by atoms with Crippen LogP contribution in [-0.2, 0) is 9.53 Å². The molecule has 0 aromatic heterocycles. The number of hydrogen-bond donors (Lipinski definition) is 2. The Morgan fingerprint density at radius 1 is 1.53 bits per heavy atom. The Bertz CT molecular complexity index is 201. The lowest BCUT2D eigenvalue weighted by atomic mass is 10.0. The van der Waals surface area contributed by atoms with E-state index in [0.717, 1.165) is 19.5 Å². The van der Waals surface area contributed by atoms with Gasteiger partial charge in [-0.05, 0) is 25.3 Å². The third-order valence-corrected chi connectivity index (χ3v) is 2.83. The fourth-order valence-electron chi connectivity index (χ4n) is 1.91. The highest BCUT2D eigenvalue weighted by Gasteiger charge is 2.26. The maximum atomic E-state index is 11.5. The number of methoxy groups -OCH3 is 1. The van der Waals surface area contributed by atoms with Crippen LogP contribution in [0.4, 0.5) is 0 Å². The van der Waals surface area contributed by atoms with Crippen LogP contribution < -0.4 is 10.6 Å². The van der Waals surface area contributed by atoms with Crippen LogP contribution in [0.2, 0.25) is 0 Å². The number of carbonyl (C=O) groups is 1. The molecule has 0 aromatic rings. The third kappa shape index (κ3) is 3.80. The average molecular weight is 214 g/mol. The van der Waals surface area contributed by atoms with Crippen molar-refractivity contribution in [1.82, 2.24) is 10.6 Å². The second-order valence-corrected chi connectivity index (χ2v) is 4.45. The van der Waals surface area contributed by atoms with Crippen LogP contribution in [0.15, 0.2) is 0 Å². The van der Waals surface area contributed by atoms with Crippen molar-refractivity contribution in [1.29, 1.82) is 0 Å². The van der Waals surface area contributed by atoms with E-state index in [1.54, 1.807) is 0 Å². The summed E-state index contributed by atoms with van der Waals surface area (Å²) in [5.41, 5.74) is 0. The first-order chi connectivity index (χ1) is 7.15. The zero-order valence-corrected chi connectivity index (χ0v) is 9.88. The molecule has 15 heavy (non-hydrogen) atoms. The van der Waals surface area contributed by atoms with Gasteiger partial charge < -0.3 is 15.4 Å². The molecule has 4 heteroatoms. The molecular formula is C11H22N2O2. The summed E-state index contributed by atoms with van der Waals surface area (Å²) in [5.74, 6) is 0.106. The van der Waals surface area contributed by atoms with Gasteiger partial charge in [-0.3, -0.25) is 4.79 Å². The van der Waals surface area contributed by atoms with Crippen molar-refractivity contribution in [2.75, 3.05) is 20.2 Å². The van der Waals surface area contributed by atoms with Gasteiger partial charge in [-0.25, -0.2) is 0 Å². The van der Waals surface area contributed by atoms with E-state index in [4.69, 9.17) is 4.74 Å². The van der Waals surface area contributed by atoms with Crippen molar-refractivity contribution in [3.8, 4) is 0 Å². The van der Waals surface area contributed by atoms with Gasteiger partial charge in [0, 0.05) is 12.6 Å². The molecule has 0 aliphatic carbocycles. The van der Waals surface area contributed by atoms with Crippen LogP contribution in [0, 0.1) is 5.92 Å².